The molecule has 1 saturated heterocycles. The Bertz CT molecular complexity index is 1730. The third-order valence-electron chi connectivity index (χ3n) is 7.75. The van der Waals surface area contributed by atoms with Crippen LogP contribution in [0.2, 0.25) is 0 Å². The first-order chi connectivity index (χ1) is 19.5. The summed E-state index contributed by atoms with van der Waals surface area (Å²) >= 11 is 0. The molecule has 0 bridgehead atoms. The van der Waals surface area contributed by atoms with E-state index in [0.29, 0.717) is 16.8 Å². The summed E-state index contributed by atoms with van der Waals surface area (Å²) in [5.41, 5.74) is 4.22. The molecule has 0 saturated carbocycles. The number of rotatable bonds is 7. The summed E-state index contributed by atoms with van der Waals surface area (Å²) in [6, 6.07) is 23.6. The molecule has 1 aliphatic heterocycles. The molecule has 1 fully saturated rings. The molecule has 0 atom stereocenters. The van der Waals surface area contributed by atoms with Gasteiger partial charge in [0.1, 0.15) is 12.4 Å². The SMILES string of the molecule is Cc1nn(CC(=O)Nc2ccc3c(c2)nc(CCN2CCN(c4ccccc4)CC2)n3C)c(=O)c2ccccc12. The summed E-state index contributed by atoms with van der Waals surface area (Å²) in [5, 5.41) is 8.61. The van der Waals surface area contributed by atoms with Crippen molar-refractivity contribution in [2.75, 3.05) is 42.9 Å². The summed E-state index contributed by atoms with van der Waals surface area (Å²) in [7, 11) is 2.04. The van der Waals surface area contributed by atoms with Gasteiger partial charge in [0.25, 0.3) is 5.56 Å². The van der Waals surface area contributed by atoms with E-state index in [1.807, 2.05) is 50.4 Å². The molecule has 204 valence electrons. The van der Waals surface area contributed by atoms with Crippen LogP contribution in [-0.2, 0) is 24.8 Å². The third-order valence-corrected chi connectivity index (χ3v) is 7.75. The molecule has 2 aromatic heterocycles. The summed E-state index contributed by atoms with van der Waals surface area (Å²) in [6.45, 7) is 6.75. The molecule has 0 aliphatic carbocycles. The molecule has 9 nitrogen and oxygen atoms in total. The van der Waals surface area contributed by atoms with Gasteiger partial charge < -0.3 is 14.8 Å². The van der Waals surface area contributed by atoms with Gasteiger partial charge >= 0.3 is 0 Å². The van der Waals surface area contributed by atoms with Gasteiger partial charge in [-0.3, -0.25) is 14.5 Å². The Kier molecular flexibility index (Phi) is 7.04. The van der Waals surface area contributed by atoms with Crippen LogP contribution in [0.4, 0.5) is 11.4 Å². The van der Waals surface area contributed by atoms with Crippen LogP contribution in [0, 0.1) is 6.92 Å². The van der Waals surface area contributed by atoms with Crippen molar-refractivity contribution in [3.8, 4) is 0 Å². The fourth-order valence-electron chi connectivity index (χ4n) is 5.53. The quantitative estimate of drug-likeness (QED) is 0.343. The minimum absolute atomic E-state index is 0.159. The molecule has 6 rings (SSSR count). The number of piperazine rings is 1. The number of aryl methyl sites for hydroxylation is 2. The minimum Gasteiger partial charge on any atom is -0.369 e. The van der Waals surface area contributed by atoms with Gasteiger partial charge in [-0.25, -0.2) is 9.67 Å². The van der Waals surface area contributed by atoms with Gasteiger partial charge in [0.05, 0.1) is 22.1 Å². The van der Waals surface area contributed by atoms with E-state index in [1.165, 1.54) is 10.4 Å². The number of carbonyl (C=O) groups is 1. The first-order valence-electron chi connectivity index (χ1n) is 13.7. The Morgan fingerprint density at radius 3 is 2.42 bits per heavy atom. The highest BCUT2D eigenvalue weighted by molar-refractivity contribution is 5.93. The normalized spacial score (nSPS) is 14.2. The fraction of sp³-hybridized carbons (Fsp3) is 0.290. The average Bonchev–Trinajstić information content (AvgIpc) is 3.29. The van der Waals surface area contributed by atoms with E-state index in [4.69, 9.17) is 4.98 Å². The minimum atomic E-state index is -0.311. The zero-order valence-corrected chi connectivity index (χ0v) is 22.9. The van der Waals surface area contributed by atoms with Gasteiger partial charge in [-0.2, -0.15) is 5.10 Å². The third kappa shape index (κ3) is 5.20. The smallest absolute Gasteiger partial charge is 0.275 e. The average molecular weight is 536 g/mol. The van der Waals surface area contributed by atoms with Crippen molar-refractivity contribution >= 4 is 39.1 Å². The van der Waals surface area contributed by atoms with Crippen molar-refractivity contribution in [1.82, 2.24) is 24.2 Å². The highest BCUT2D eigenvalue weighted by atomic mass is 16.2. The van der Waals surface area contributed by atoms with Crippen molar-refractivity contribution in [3.05, 3.63) is 94.7 Å². The van der Waals surface area contributed by atoms with Crippen molar-refractivity contribution in [2.45, 2.75) is 19.9 Å². The zero-order chi connectivity index (χ0) is 27.6. The molecule has 1 aliphatic rings. The van der Waals surface area contributed by atoms with Crippen molar-refractivity contribution < 1.29 is 4.79 Å². The molecule has 3 heterocycles. The summed E-state index contributed by atoms with van der Waals surface area (Å²) in [6.07, 6.45) is 0.855. The second-order valence-electron chi connectivity index (χ2n) is 10.3. The summed E-state index contributed by atoms with van der Waals surface area (Å²) in [4.78, 5) is 35.5. The molecular formula is C31H33N7O2. The van der Waals surface area contributed by atoms with Crippen LogP contribution >= 0.6 is 0 Å². The Labute approximate surface area is 232 Å². The van der Waals surface area contributed by atoms with E-state index < -0.39 is 0 Å². The topological polar surface area (TPSA) is 88.3 Å². The maximum atomic E-state index is 12.8. The van der Waals surface area contributed by atoms with E-state index in [1.54, 1.807) is 6.07 Å². The van der Waals surface area contributed by atoms with E-state index in [9.17, 15) is 9.59 Å². The van der Waals surface area contributed by atoms with E-state index in [0.717, 1.165) is 61.4 Å². The molecule has 40 heavy (non-hydrogen) atoms. The molecule has 1 N–H and O–H groups in total. The lowest BCUT2D eigenvalue weighted by Crippen LogP contribution is -2.47. The molecular weight excluding hydrogens is 502 g/mol. The second kappa shape index (κ2) is 10.9. The first kappa shape index (κ1) is 25.8. The van der Waals surface area contributed by atoms with E-state index in [2.05, 4.69) is 55.1 Å². The van der Waals surface area contributed by atoms with Gasteiger partial charge in [-0.1, -0.05) is 36.4 Å². The monoisotopic (exact) mass is 535 g/mol. The highest BCUT2D eigenvalue weighted by Gasteiger charge is 2.18. The van der Waals surface area contributed by atoms with Gasteiger partial charge in [0.15, 0.2) is 0 Å². The number of benzene rings is 3. The molecule has 5 aromatic rings. The molecule has 3 aromatic carbocycles. The van der Waals surface area contributed by atoms with Crippen LogP contribution in [0.3, 0.4) is 0 Å². The number of nitrogens with one attached hydrogen (secondary N) is 1. The Hall–Kier alpha value is -4.50. The van der Waals surface area contributed by atoms with Crippen LogP contribution in [0.15, 0.2) is 77.6 Å². The molecule has 1 amide bonds. The number of fused-ring (bicyclic) bond motifs is 2. The van der Waals surface area contributed by atoms with Gasteiger partial charge in [0, 0.05) is 63.0 Å². The van der Waals surface area contributed by atoms with Gasteiger partial charge in [0.2, 0.25) is 5.91 Å². The maximum Gasteiger partial charge on any atom is 0.275 e. The lowest BCUT2D eigenvalue weighted by atomic mass is 10.1. The van der Waals surface area contributed by atoms with Crippen molar-refractivity contribution in [3.63, 3.8) is 0 Å². The number of hydrogen-bond donors (Lipinski definition) is 1. The number of amides is 1. The number of anilines is 2. The van der Waals surface area contributed by atoms with Crippen molar-refractivity contribution in [2.24, 2.45) is 7.05 Å². The Balaban J connectivity index is 1.09. The summed E-state index contributed by atoms with van der Waals surface area (Å²) in [5.74, 6) is 0.709. The number of carbonyl (C=O) groups excluding carboxylic acids is 1. The number of nitrogens with zero attached hydrogens (tertiary/aromatic N) is 6. The number of hydrogen-bond acceptors (Lipinski definition) is 6. The maximum absolute atomic E-state index is 12.8. The van der Waals surface area contributed by atoms with E-state index >= 15 is 0 Å². The Morgan fingerprint density at radius 1 is 0.925 bits per heavy atom. The van der Waals surface area contributed by atoms with Gasteiger partial charge in [-0.15, -0.1) is 0 Å². The van der Waals surface area contributed by atoms with Crippen molar-refractivity contribution in [1.29, 1.82) is 0 Å². The van der Waals surface area contributed by atoms with Crippen LogP contribution < -0.4 is 15.8 Å². The van der Waals surface area contributed by atoms with Crippen LogP contribution in [0.1, 0.15) is 11.5 Å². The van der Waals surface area contributed by atoms with Gasteiger partial charge in [-0.05, 0) is 43.3 Å². The number of para-hydroxylation sites is 1. The fourth-order valence-corrected chi connectivity index (χ4v) is 5.53. The lowest BCUT2D eigenvalue weighted by molar-refractivity contribution is -0.117. The van der Waals surface area contributed by atoms with E-state index in [-0.39, 0.29) is 18.0 Å². The number of imidazole rings is 1. The van der Waals surface area contributed by atoms with Crippen LogP contribution in [0.25, 0.3) is 21.8 Å². The first-order valence-corrected chi connectivity index (χ1v) is 13.7. The molecule has 9 heteroatoms. The highest BCUT2D eigenvalue weighted by Crippen LogP contribution is 2.21. The lowest BCUT2D eigenvalue weighted by Gasteiger charge is -2.36. The van der Waals surface area contributed by atoms with Crippen LogP contribution in [0.5, 0.6) is 0 Å². The Morgan fingerprint density at radius 2 is 1.65 bits per heavy atom. The predicted molar refractivity (Wildman–Crippen MR) is 159 cm³/mol. The molecule has 0 spiro atoms. The number of aromatic nitrogens is 4. The molecule has 0 radical (unpaired) electrons. The van der Waals surface area contributed by atoms with Crippen LogP contribution in [-0.4, -0.2) is 62.9 Å². The zero-order valence-electron chi connectivity index (χ0n) is 22.9. The summed E-state index contributed by atoms with van der Waals surface area (Å²) < 4.78 is 3.35. The standard InChI is InChI=1S/C31H33N7O2/c1-22-25-10-6-7-11-26(25)31(40)38(34-22)21-30(39)32-23-12-13-28-27(20-23)33-29(35(28)2)14-15-36-16-18-37(19-17-36)24-8-4-3-5-9-24/h3-13,20H,14-19,21H2,1-2H3,(H,32,39). The predicted octanol–water partition coefficient (Wildman–Crippen LogP) is 3.60. The second-order valence-corrected chi connectivity index (χ2v) is 10.3. The largest absolute Gasteiger partial charge is 0.369 e. The molecule has 0 unspecified atom stereocenters.